The van der Waals surface area contributed by atoms with Crippen LogP contribution >= 0.6 is 11.6 Å². The van der Waals surface area contributed by atoms with Gasteiger partial charge in [0.1, 0.15) is 12.4 Å². The van der Waals surface area contributed by atoms with Gasteiger partial charge in [0, 0.05) is 19.4 Å². The van der Waals surface area contributed by atoms with Crippen molar-refractivity contribution in [2.75, 3.05) is 11.9 Å². The molecular weight excluding hydrogens is 314 g/mol. The molecule has 1 amide bonds. The second-order valence-electron chi connectivity index (χ2n) is 4.35. The monoisotopic (exact) mass is 337 g/mol. The van der Waals surface area contributed by atoms with Gasteiger partial charge in [0.05, 0.1) is 10.7 Å². The molecule has 4 nitrogen and oxygen atoms in total. The number of ether oxygens (including phenoxy) is 1. The summed E-state index contributed by atoms with van der Waals surface area (Å²) < 4.78 is 5.37. The molecule has 1 rings (SSSR count). The lowest BCUT2D eigenvalue weighted by atomic mass is 10.2. The molecule has 0 heterocycles. The number of allylic oxidation sites excluding steroid dienone is 3. The number of rotatable bonds is 8. The molecule has 0 unspecified atom stereocenters. The number of carbonyl (C=O) groups is 2. The van der Waals surface area contributed by atoms with E-state index in [0.717, 1.165) is 0 Å². The molecule has 1 aromatic rings. The highest BCUT2D eigenvalue weighted by atomic mass is 35.5. The van der Waals surface area contributed by atoms with Crippen LogP contribution in [0.2, 0.25) is 5.02 Å². The van der Waals surface area contributed by atoms with Gasteiger partial charge in [-0.1, -0.05) is 50.3 Å². The van der Waals surface area contributed by atoms with E-state index in [1.54, 1.807) is 30.4 Å². The van der Waals surface area contributed by atoms with E-state index >= 15 is 0 Å². The van der Waals surface area contributed by atoms with Crippen LogP contribution in [-0.2, 0) is 9.59 Å². The van der Waals surface area contributed by atoms with Gasteiger partial charge in [-0.2, -0.15) is 0 Å². The maximum Gasteiger partial charge on any atom is 0.221 e. The molecule has 0 atom stereocenters. The smallest absolute Gasteiger partial charge is 0.221 e. The molecule has 0 aromatic heterocycles. The summed E-state index contributed by atoms with van der Waals surface area (Å²) >= 11 is 6.01. The van der Waals surface area contributed by atoms with Gasteiger partial charge in [0.2, 0.25) is 5.91 Å². The van der Waals surface area contributed by atoms with Crippen LogP contribution in [0.25, 0.3) is 0 Å². The Balaban J connectivity index is 0.00000232. The fourth-order valence-electron chi connectivity index (χ4n) is 1.55. The van der Waals surface area contributed by atoms with Crippen LogP contribution in [0.15, 0.2) is 43.0 Å². The molecule has 1 aromatic carbocycles. The molecule has 0 spiro atoms. The Kier molecular flexibility index (Phi) is 11.3. The Morgan fingerprint density at radius 1 is 1.35 bits per heavy atom. The third-order valence-electron chi connectivity index (χ3n) is 2.51. The van der Waals surface area contributed by atoms with Gasteiger partial charge in [-0.25, -0.2) is 0 Å². The Morgan fingerprint density at radius 2 is 2.04 bits per heavy atom. The number of anilines is 1. The molecule has 5 heteroatoms. The molecule has 23 heavy (non-hydrogen) atoms. The van der Waals surface area contributed by atoms with Crippen LogP contribution in [0, 0.1) is 0 Å². The standard InChI is InChI=1S/C16H18ClNO3.C2H6/c1-3-4-5-6-7-13(20)11-21-14-8-9-16(15(17)10-14)18-12(2)19;1-2/h3-5,8-10H,1,6-7,11H2,2H3,(H,18,19);1-2H3/b5-4-;. The number of hydrogen-bond acceptors (Lipinski definition) is 3. The summed E-state index contributed by atoms with van der Waals surface area (Å²) in [6, 6.07) is 4.86. The van der Waals surface area contributed by atoms with Crippen molar-refractivity contribution >= 4 is 29.0 Å². The number of hydrogen-bond donors (Lipinski definition) is 1. The number of nitrogens with one attached hydrogen (secondary N) is 1. The SMILES string of the molecule is C=C/C=C\CCC(=O)COc1ccc(NC(C)=O)c(Cl)c1.CC. The van der Waals surface area contributed by atoms with Crippen LogP contribution in [0.3, 0.4) is 0 Å². The summed E-state index contributed by atoms with van der Waals surface area (Å²) in [7, 11) is 0. The van der Waals surface area contributed by atoms with E-state index < -0.39 is 0 Å². The van der Waals surface area contributed by atoms with E-state index in [2.05, 4.69) is 11.9 Å². The second kappa shape index (κ2) is 12.5. The van der Waals surface area contributed by atoms with E-state index in [-0.39, 0.29) is 18.3 Å². The van der Waals surface area contributed by atoms with Crippen LogP contribution in [-0.4, -0.2) is 18.3 Å². The summed E-state index contributed by atoms with van der Waals surface area (Å²) in [5.41, 5.74) is 0.511. The Morgan fingerprint density at radius 3 is 2.61 bits per heavy atom. The highest BCUT2D eigenvalue weighted by Gasteiger charge is 2.06. The minimum atomic E-state index is -0.201. The van der Waals surface area contributed by atoms with Gasteiger partial charge in [0.25, 0.3) is 0 Å². The predicted molar refractivity (Wildman–Crippen MR) is 96.2 cm³/mol. The maximum absolute atomic E-state index is 11.6. The van der Waals surface area contributed by atoms with E-state index in [1.807, 2.05) is 19.9 Å². The number of amides is 1. The van der Waals surface area contributed by atoms with Crippen molar-refractivity contribution in [3.8, 4) is 5.75 Å². The highest BCUT2D eigenvalue weighted by Crippen LogP contribution is 2.26. The average molecular weight is 338 g/mol. The van der Waals surface area contributed by atoms with Crippen molar-refractivity contribution in [2.24, 2.45) is 0 Å². The van der Waals surface area contributed by atoms with Crippen molar-refractivity contribution in [1.29, 1.82) is 0 Å². The van der Waals surface area contributed by atoms with Gasteiger partial charge < -0.3 is 10.1 Å². The zero-order valence-electron chi connectivity index (χ0n) is 13.9. The number of carbonyl (C=O) groups excluding carboxylic acids is 2. The first-order valence-electron chi connectivity index (χ1n) is 7.52. The topological polar surface area (TPSA) is 55.4 Å². The van der Waals surface area contributed by atoms with E-state index in [4.69, 9.17) is 16.3 Å². The molecule has 0 bridgehead atoms. The van der Waals surface area contributed by atoms with Crippen LogP contribution < -0.4 is 10.1 Å². The molecule has 0 aliphatic carbocycles. The minimum absolute atomic E-state index is 0.00224. The molecule has 0 saturated heterocycles. The fourth-order valence-corrected chi connectivity index (χ4v) is 1.77. The summed E-state index contributed by atoms with van der Waals surface area (Å²) in [6.07, 6.45) is 6.43. The molecular formula is C18H24ClNO3. The molecule has 0 saturated carbocycles. The highest BCUT2D eigenvalue weighted by molar-refractivity contribution is 6.33. The normalized spacial score (nSPS) is 9.74. The second-order valence-corrected chi connectivity index (χ2v) is 4.76. The van der Waals surface area contributed by atoms with Gasteiger partial charge in [-0.15, -0.1) is 0 Å². The Hall–Kier alpha value is -2.07. The molecule has 0 radical (unpaired) electrons. The molecule has 1 N–H and O–H groups in total. The van der Waals surface area contributed by atoms with Gasteiger partial charge >= 0.3 is 0 Å². The number of ketones is 1. The lowest BCUT2D eigenvalue weighted by molar-refractivity contribution is -0.121. The summed E-state index contributed by atoms with van der Waals surface area (Å²) in [4.78, 5) is 22.6. The number of benzene rings is 1. The predicted octanol–water partition coefficient (Wildman–Crippen LogP) is 4.79. The van der Waals surface area contributed by atoms with Crippen molar-refractivity contribution < 1.29 is 14.3 Å². The fraction of sp³-hybridized carbons (Fsp3) is 0.333. The Labute approximate surface area is 143 Å². The number of halogens is 1. The maximum atomic E-state index is 11.6. The zero-order valence-corrected chi connectivity index (χ0v) is 14.7. The lowest BCUT2D eigenvalue weighted by Gasteiger charge is -2.09. The first kappa shape index (κ1) is 20.9. The first-order chi connectivity index (χ1) is 11.0. The quantitative estimate of drug-likeness (QED) is 0.693. The van der Waals surface area contributed by atoms with Crippen molar-refractivity contribution in [3.05, 3.63) is 48.0 Å². The van der Waals surface area contributed by atoms with E-state index in [0.29, 0.717) is 29.3 Å². The zero-order chi connectivity index (χ0) is 17.7. The molecule has 0 aliphatic heterocycles. The number of Topliss-reactive ketones (excluding diaryl/α,β-unsaturated/α-hetero) is 1. The van der Waals surface area contributed by atoms with Crippen LogP contribution in [0.4, 0.5) is 5.69 Å². The van der Waals surface area contributed by atoms with E-state index in [9.17, 15) is 9.59 Å². The average Bonchev–Trinajstić information content (AvgIpc) is 2.53. The minimum Gasteiger partial charge on any atom is -0.486 e. The third kappa shape index (κ3) is 9.53. The van der Waals surface area contributed by atoms with Crippen LogP contribution in [0.1, 0.15) is 33.6 Å². The van der Waals surface area contributed by atoms with Gasteiger partial charge in [-0.05, 0) is 18.6 Å². The van der Waals surface area contributed by atoms with Gasteiger partial charge in [-0.3, -0.25) is 9.59 Å². The molecule has 126 valence electrons. The van der Waals surface area contributed by atoms with Crippen molar-refractivity contribution in [1.82, 2.24) is 0 Å². The molecule has 0 aliphatic rings. The third-order valence-corrected chi connectivity index (χ3v) is 2.83. The first-order valence-corrected chi connectivity index (χ1v) is 7.90. The summed E-state index contributed by atoms with van der Waals surface area (Å²) in [5, 5.41) is 2.96. The Bertz CT molecular complexity index is 553. The van der Waals surface area contributed by atoms with Crippen LogP contribution in [0.5, 0.6) is 5.75 Å². The van der Waals surface area contributed by atoms with Crippen molar-refractivity contribution in [2.45, 2.75) is 33.6 Å². The lowest BCUT2D eigenvalue weighted by Crippen LogP contribution is -2.11. The van der Waals surface area contributed by atoms with Crippen molar-refractivity contribution in [3.63, 3.8) is 0 Å². The van der Waals surface area contributed by atoms with E-state index in [1.165, 1.54) is 6.92 Å². The van der Waals surface area contributed by atoms with Gasteiger partial charge in [0.15, 0.2) is 5.78 Å². The summed E-state index contributed by atoms with van der Waals surface area (Å²) in [6.45, 7) is 8.95. The summed E-state index contributed by atoms with van der Waals surface area (Å²) in [5.74, 6) is 0.295. The largest absolute Gasteiger partial charge is 0.486 e. The molecule has 0 fully saturated rings.